The number of benzene rings is 2. The molecule has 5 nitrogen and oxygen atoms in total. The van der Waals surface area contributed by atoms with E-state index in [0.29, 0.717) is 29.5 Å². The maximum Gasteiger partial charge on any atom is 0.223 e. The number of hydrogen-bond donors (Lipinski definition) is 0. The fourth-order valence-corrected chi connectivity index (χ4v) is 4.06. The SMILES string of the molecule is COc1cccc(C2CCCN2C(=O)CCc2ncc(-c3ccccc3Cl)o2)c1. The van der Waals surface area contributed by atoms with Crippen molar-refractivity contribution in [3.63, 3.8) is 0 Å². The van der Waals surface area contributed by atoms with Crippen molar-refractivity contribution in [3.8, 4) is 17.1 Å². The highest BCUT2D eigenvalue weighted by atomic mass is 35.5. The van der Waals surface area contributed by atoms with Crippen molar-refractivity contribution in [2.24, 2.45) is 0 Å². The molecule has 1 atom stereocenters. The van der Waals surface area contributed by atoms with Crippen LogP contribution in [0.15, 0.2) is 59.1 Å². The minimum atomic E-state index is 0.0980. The van der Waals surface area contributed by atoms with E-state index in [1.54, 1.807) is 13.3 Å². The Morgan fingerprint density at radius 1 is 1.28 bits per heavy atom. The summed E-state index contributed by atoms with van der Waals surface area (Å²) in [6.07, 6.45) is 4.46. The predicted octanol–water partition coefficient (Wildman–Crippen LogP) is 5.30. The normalized spacial score (nSPS) is 16.2. The van der Waals surface area contributed by atoms with Gasteiger partial charge in [-0.25, -0.2) is 4.98 Å². The summed E-state index contributed by atoms with van der Waals surface area (Å²) in [7, 11) is 1.66. The summed E-state index contributed by atoms with van der Waals surface area (Å²) < 4.78 is 11.2. The first-order chi connectivity index (χ1) is 14.2. The maximum absolute atomic E-state index is 12.9. The number of oxazole rings is 1. The van der Waals surface area contributed by atoms with E-state index < -0.39 is 0 Å². The van der Waals surface area contributed by atoms with Crippen LogP contribution in [0.4, 0.5) is 0 Å². The van der Waals surface area contributed by atoms with Crippen LogP contribution in [-0.4, -0.2) is 29.4 Å². The monoisotopic (exact) mass is 410 g/mol. The standard InChI is InChI=1S/C23H23ClN2O3/c1-28-17-7-4-6-16(14-17)20-10-5-13-26(20)23(27)12-11-22-25-15-21(29-22)18-8-2-3-9-19(18)24/h2-4,6-9,14-15,20H,5,10-13H2,1H3. The zero-order valence-electron chi connectivity index (χ0n) is 16.3. The van der Waals surface area contributed by atoms with E-state index in [1.165, 1.54) is 0 Å². The van der Waals surface area contributed by atoms with E-state index in [-0.39, 0.29) is 11.9 Å². The van der Waals surface area contributed by atoms with Crippen molar-refractivity contribution < 1.29 is 13.9 Å². The molecule has 2 heterocycles. The molecule has 0 aliphatic carbocycles. The van der Waals surface area contributed by atoms with Gasteiger partial charge in [-0.2, -0.15) is 0 Å². The summed E-state index contributed by atoms with van der Waals surface area (Å²) >= 11 is 6.22. The van der Waals surface area contributed by atoms with Crippen molar-refractivity contribution in [3.05, 3.63) is 71.2 Å². The van der Waals surface area contributed by atoms with Gasteiger partial charge < -0.3 is 14.1 Å². The van der Waals surface area contributed by atoms with Gasteiger partial charge in [-0.3, -0.25) is 4.79 Å². The number of hydrogen-bond acceptors (Lipinski definition) is 4. The van der Waals surface area contributed by atoms with Gasteiger partial charge in [0.1, 0.15) is 5.75 Å². The molecule has 0 N–H and O–H groups in total. The smallest absolute Gasteiger partial charge is 0.223 e. The molecule has 1 aliphatic rings. The topological polar surface area (TPSA) is 55.6 Å². The van der Waals surface area contributed by atoms with E-state index in [9.17, 15) is 4.79 Å². The Bertz CT molecular complexity index is 1000. The number of likely N-dealkylation sites (tertiary alicyclic amines) is 1. The number of carbonyl (C=O) groups is 1. The fourth-order valence-electron chi connectivity index (χ4n) is 3.83. The number of aryl methyl sites for hydroxylation is 1. The quantitative estimate of drug-likeness (QED) is 0.553. The number of nitrogens with zero attached hydrogens (tertiary/aromatic N) is 2. The van der Waals surface area contributed by atoms with E-state index in [2.05, 4.69) is 11.1 Å². The molecule has 1 aliphatic heterocycles. The third-order valence-corrected chi connectivity index (χ3v) is 5.63. The van der Waals surface area contributed by atoms with Crippen LogP contribution in [-0.2, 0) is 11.2 Å². The number of rotatable bonds is 6. The first-order valence-corrected chi connectivity index (χ1v) is 10.2. The highest BCUT2D eigenvalue weighted by molar-refractivity contribution is 6.33. The Labute approximate surface area is 175 Å². The van der Waals surface area contributed by atoms with Crippen LogP contribution in [0.25, 0.3) is 11.3 Å². The van der Waals surface area contributed by atoms with E-state index in [4.69, 9.17) is 20.8 Å². The summed E-state index contributed by atoms with van der Waals surface area (Å²) in [5.74, 6) is 2.10. The lowest BCUT2D eigenvalue weighted by Gasteiger charge is -2.25. The summed E-state index contributed by atoms with van der Waals surface area (Å²) in [6.45, 7) is 0.775. The van der Waals surface area contributed by atoms with Crippen LogP contribution >= 0.6 is 11.6 Å². The maximum atomic E-state index is 12.9. The minimum Gasteiger partial charge on any atom is -0.497 e. The lowest BCUT2D eigenvalue weighted by atomic mass is 10.0. The number of aromatic nitrogens is 1. The molecular formula is C23H23ClN2O3. The third-order valence-electron chi connectivity index (χ3n) is 5.30. The summed E-state index contributed by atoms with van der Waals surface area (Å²) in [4.78, 5) is 19.2. The molecule has 1 unspecified atom stereocenters. The molecule has 0 saturated carbocycles. The van der Waals surface area contributed by atoms with Crippen LogP contribution < -0.4 is 4.74 Å². The van der Waals surface area contributed by atoms with Gasteiger partial charge in [0.25, 0.3) is 0 Å². The van der Waals surface area contributed by atoms with Gasteiger partial charge in [0.15, 0.2) is 11.7 Å². The second-order valence-corrected chi connectivity index (χ2v) is 7.53. The van der Waals surface area contributed by atoms with Gasteiger partial charge in [0.2, 0.25) is 5.91 Å². The van der Waals surface area contributed by atoms with E-state index in [0.717, 1.165) is 36.3 Å². The van der Waals surface area contributed by atoms with Crippen molar-refractivity contribution in [2.75, 3.05) is 13.7 Å². The van der Waals surface area contributed by atoms with Gasteiger partial charge in [0, 0.05) is 24.9 Å². The number of carbonyl (C=O) groups excluding carboxylic acids is 1. The molecule has 3 aromatic rings. The van der Waals surface area contributed by atoms with Gasteiger partial charge in [-0.1, -0.05) is 35.9 Å². The first kappa shape index (κ1) is 19.5. The molecule has 0 bridgehead atoms. The first-order valence-electron chi connectivity index (χ1n) is 9.78. The van der Waals surface area contributed by atoms with Crippen molar-refractivity contribution in [2.45, 2.75) is 31.7 Å². The van der Waals surface area contributed by atoms with Gasteiger partial charge in [-0.05, 0) is 42.7 Å². The molecule has 4 rings (SSSR count). The Morgan fingerprint density at radius 3 is 2.97 bits per heavy atom. The third kappa shape index (κ3) is 4.30. The van der Waals surface area contributed by atoms with Crippen LogP contribution in [0.5, 0.6) is 5.75 Å². The summed E-state index contributed by atoms with van der Waals surface area (Å²) in [5.41, 5.74) is 1.92. The van der Waals surface area contributed by atoms with Gasteiger partial charge >= 0.3 is 0 Å². The van der Waals surface area contributed by atoms with Gasteiger partial charge in [0.05, 0.1) is 24.4 Å². The molecule has 29 heavy (non-hydrogen) atoms. The molecule has 0 spiro atoms. The zero-order valence-corrected chi connectivity index (χ0v) is 17.1. The van der Waals surface area contributed by atoms with E-state index in [1.807, 2.05) is 47.4 Å². The molecular weight excluding hydrogens is 388 g/mol. The molecule has 1 amide bonds. The Morgan fingerprint density at radius 2 is 2.14 bits per heavy atom. The average molecular weight is 411 g/mol. The van der Waals surface area contributed by atoms with Gasteiger partial charge in [-0.15, -0.1) is 0 Å². The lowest BCUT2D eigenvalue weighted by molar-refractivity contribution is -0.132. The lowest BCUT2D eigenvalue weighted by Crippen LogP contribution is -2.30. The van der Waals surface area contributed by atoms with Crippen LogP contribution in [0, 0.1) is 0 Å². The zero-order chi connectivity index (χ0) is 20.2. The molecule has 0 radical (unpaired) electrons. The molecule has 1 fully saturated rings. The summed E-state index contributed by atoms with van der Waals surface area (Å²) in [5, 5.41) is 0.615. The molecule has 150 valence electrons. The second kappa shape index (κ2) is 8.70. The van der Waals surface area contributed by atoms with Crippen molar-refractivity contribution in [1.29, 1.82) is 0 Å². The average Bonchev–Trinajstić information content (AvgIpc) is 3.42. The van der Waals surface area contributed by atoms with Crippen LogP contribution in [0.1, 0.15) is 36.8 Å². The second-order valence-electron chi connectivity index (χ2n) is 7.12. The molecule has 6 heteroatoms. The minimum absolute atomic E-state index is 0.0980. The van der Waals surface area contributed by atoms with Crippen LogP contribution in [0.3, 0.4) is 0 Å². The largest absolute Gasteiger partial charge is 0.497 e. The molecule has 2 aromatic carbocycles. The number of halogens is 1. The Kier molecular flexibility index (Phi) is 5.86. The molecule has 1 saturated heterocycles. The number of methoxy groups -OCH3 is 1. The predicted molar refractivity (Wildman–Crippen MR) is 112 cm³/mol. The number of amides is 1. The fraction of sp³-hybridized carbons (Fsp3) is 0.304. The van der Waals surface area contributed by atoms with E-state index >= 15 is 0 Å². The Hall–Kier alpha value is -2.79. The number of ether oxygens (including phenoxy) is 1. The Balaban J connectivity index is 1.41. The van der Waals surface area contributed by atoms with Crippen molar-refractivity contribution >= 4 is 17.5 Å². The summed E-state index contributed by atoms with van der Waals surface area (Å²) in [6, 6.07) is 15.5. The van der Waals surface area contributed by atoms with Crippen molar-refractivity contribution in [1.82, 2.24) is 9.88 Å². The highest BCUT2D eigenvalue weighted by Crippen LogP contribution is 2.34. The van der Waals surface area contributed by atoms with Crippen LogP contribution in [0.2, 0.25) is 5.02 Å². The molecule has 1 aromatic heterocycles. The highest BCUT2D eigenvalue weighted by Gasteiger charge is 2.30.